The van der Waals surface area contributed by atoms with Gasteiger partial charge in [-0.3, -0.25) is 0 Å². The zero-order valence-electron chi connectivity index (χ0n) is 28.6. The highest BCUT2D eigenvalue weighted by molar-refractivity contribution is 7.17. The van der Waals surface area contributed by atoms with Crippen molar-refractivity contribution in [3.05, 3.63) is 212 Å². The Balaban J connectivity index is 1.04. The summed E-state index contributed by atoms with van der Waals surface area (Å²) in [6.07, 6.45) is 0. The molecule has 1 aromatic heterocycles. The highest BCUT2D eigenvalue weighted by Gasteiger charge is 2.15. The molecule has 0 aliphatic rings. The summed E-state index contributed by atoms with van der Waals surface area (Å²) in [5.41, 5.74) is 15.5. The molecule has 0 aliphatic heterocycles. The minimum absolute atomic E-state index is 1.11. The first kappa shape index (κ1) is 31.5. The maximum Gasteiger partial charge on any atom is 0.0462 e. The van der Waals surface area contributed by atoms with Crippen LogP contribution in [0.25, 0.3) is 65.7 Å². The second-order valence-corrected chi connectivity index (χ2v) is 13.9. The van der Waals surface area contributed by atoms with Crippen molar-refractivity contribution in [1.29, 1.82) is 0 Å². The molecule has 0 amide bonds. The fourth-order valence-corrected chi connectivity index (χ4v) is 7.99. The Hall–Kier alpha value is -6.48. The predicted octanol–water partition coefficient (Wildman–Crippen LogP) is 14.7. The van der Waals surface area contributed by atoms with Crippen LogP contribution in [-0.4, -0.2) is 0 Å². The Bertz CT molecular complexity index is 2420. The van der Waals surface area contributed by atoms with Crippen LogP contribution in [0.1, 0.15) is 0 Å². The van der Waals surface area contributed by atoms with Gasteiger partial charge in [0, 0.05) is 32.7 Å². The summed E-state index contributed by atoms with van der Waals surface area (Å²) in [5, 5.41) is 3.57. The van der Waals surface area contributed by atoms with Gasteiger partial charge in [0.2, 0.25) is 0 Å². The van der Waals surface area contributed by atoms with Crippen molar-refractivity contribution in [3.8, 4) is 55.6 Å². The molecule has 9 aromatic rings. The first-order valence-electron chi connectivity index (χ1n) is 17.7. The van der Waals surface area contributed by atoms with Crippen LogP contribution in [0.15, 0.2) is 212 Å². The number of hydrogen-bond acceptors (Lipinski definition) is 2. The molecule has 0 saturated heterocycles. The van der Waals surface area contributed by atoms with Gasteiger partial charge in [-0.15, -0.1) is 11.3 Å². The van der Waals surface area contributed by atoms with Gasteiger partial charge < -0.3 is 4.90 Å². The summed E-state index contributed by atoms with van der Waals surface area (Å²) in [6.45, 7) is 0. The molecule has 8 aromatic carbocycles. The number of nitrogens with zero attached hydrogens (tertiary/aromatic N) is 1. The third-order valence-electron chi connectivity index (χ3n) is 9.82. The summed E-state index contributed by atoms with van der Waals surface area (Å²) < 4.78 is 1.31. The van der Waals surface area contributed by atoms with Crippen LogP contribution in [0.2, 0.25) is 0 Å². The van der Waals surface area contributed by atoms with Crippen molar-refractivity contribution >= 4 is 38.5 Å². The fourth-order valence-electron chi connectivity index (χ4n) is 7.02. The highest BCUT2D eigenvalue weighted by atomic mass is 32.1. The molecule has 0 bridgehead atoms. The summed E-state index contributed by atoms with van der Waals surface area (Å²) in [5.74, 6) is 0. The Morgan fingerprint density at radius 3 is 0.981 bits per heavy atom. The quantitative estimate of drug-likeness (QED) is 0.154. The largest absolute Gasteiger partial charge is 0.311 e. The molecule has 0 N–H and O–H groups in total. The van der Waals surface area contributed by atoms with Crippen molar-refractivity contribution < 1.29 is 0 Å². The smallest absolute Gasteiger partial charge is 0.0462 e. The highest BCUT2D eigenvalue weighted by Crippen LogP contribution is 2.40. The number of fused-ring (bicyclic) bond motifs is 1. The van der Waals surface area contributed by atoms with Crippen LogP contribution in [0, 0.1) is 0 Å². The standard InChI is InChI=1S/C50H35NS/c1-3-9-36(10-4-1)38-15-19-40(20-16-38)42-23-29-45(30-24-42)51(47-33-27-44(28-34-47)49-35-52-50-14-8-7-13-48(49)50)46-31-25-43(26-32-46)41-21-17-39(18-22-41)37-11-5-2-6-12-37/h1-35H. The lowest BCUT2D eigenvalue weighted by Gasteiger charge is -2.26. The first-order chi connectivity index (χ1) is 25.8. The molecule has 52 heavy (non-hydrogen) atoms. The molecule has 0 radical (unpaired) electrons. The molecule has 0 fully saturated rings. The van der Waals surface area contributed by atoms with Crippen molar-refractivity contribution in [3.63, 3.8) is 0 Å². The Labute approximate surface area is 309 Å². The molecule has 1 heterocycles. The van der Waals surface area contributed by atoms with E-state index in [-0.39, 0.29) is 0 Å². The Kier molecular flexibility index (Phi) is 8.50. The van der Waals surface area contributed by atoms with E-state index in [0.29, 0.717) is 0 Å². The zero-order chi connectivity index (χ0) is 34.7. The Morgan fingerprint density at radius 1 is 0.269 bits per heavy atom. The molecule has 2 heteroatoms. The summed E-state index contributed by atoms with van der Waals surface area (Å²) >= 11 is 1.80. The van der Waals surface area contributed by atoms with E-state index >= 15 is 0 Å². The zero-order valence-corrected chi connectivity index (χ0v) is 29.4. The van der Waals surface area contributed by atoms with Crippen LogP contribution >= 0.6 is 11.3 Å². The average molecular weight is 682 g/mol. The average Bonchev–Trinajstić information content (AvgIpc) is 3.67. The minimum Gasteiger partial charge on any atom is -0.311 e. The maximum absolute atomic E-state index is 2.35. The molecule has 246 valence electrons. The van der Waals surface area contributed by atoms with E-state index in [0.717, 1.165) is 17.1 Å². The topological polar surface area (TPSA) is 3.24 Å². The van der Waals surface area contributed by atoms with E-state index in [1.54, 1.807) is 11.3 Å². The van der Waals surface area contributed by atoms with E-state index in [1.165, 1.54) is 65.7 Å². The Morgan fingerprint density at radius 2 is 0.577 bits per heavy atom. The van der Waals surface area contributed by atoms with Crippen molar-refractivity contribution in [2.45, 2.75) is 0 Å². The van der Waals surface area contributed by atoms with E-state index in [9.17, 15) is 0 Å². The molecule has 0 unspecified atom stereocenters. The third-order valence-corrected chi connectivity index (χ3v) is 10.8. The fraction of sp³-hybridized carbons (Fsp3) is 0. The lowest BCUT2D eigenvalue weighted by molar-refractivity contribution is 1.28. The summed E-state index contributed by atoms with van der Waals surface area (Å²) in [7, 11) is 0. The van der Waals surface area contributed by atoms with E-state index < -0.39 is 0 Å². The van der Waals surface area contributed by atoms with Gasteiger partial charge in [0.1, 0.15) is 0 Å². The van der Waals surface area contributed by atoms with Gasteiger partial charge in [-0.1, -0.05) is 164 Å². The summed E-state index contributed by atoms with van der Waals surface area (Å²) in [4.78, 5) is 2.35. The second kappa shape index (κ2) is 14.0. The molecular weight excluding hydrogens is 647 g/mol. The van der Waals surface area contributed by atoms with Gasteiger partial charge in [-0.2, -0.15) is 0 Å². The van der Waals surface area contributed by atoms with Gasteiger partial charge in [-0.05, 0) is 97.9 Å². The van der Waals surface area contributed by atoms with Crippen LogP contribution in [0.5, 0.6) is 0 Å². The number of hydrogen-bond donors (Lipinski definition) is 0. The van der Waals surface area contributed by atoms with Gasteiger partial charge in [0.15, 0.2) is 0 Å². The van der Waals surface area contributed by atoms with E-state index in [4.69, 9.17) is 0 Å². The molecule has 0 atom stereocenters. The lowest BCUT2D eigenvalue weighted by atomic mass is 9.99. The first-order valence-corrected chi connectivity index (χ1v) is 18.5. The minimum atomic E-state index is 1.11. The normalized spacial score (nSPS) is 11.1. The monoisotopic (exact) mass is 681 g/mol. The van der Waals surface area contributed by atoms with Crippen LogP contribution in [-0.2, 0) is 0 Å². The number of benzene rings is 8. The van der Waals surface area contributed by atoms with Gasteiger partial charge in [-0.25, -0.2) is 0 Å². The van der Waals surface area contributed by atoms with E-state index in [1.807, 2.05) is 0 Å². The van der Waals surface area contributed by atoms with Crippen molar-refractivity contribution in [2.75, 3.05) is 4.90 Å². The lowest BCUT2D eigenvalue weighted by Crippen LogP contribution is -2.09. The van der Waals surface area contributed by atoms with Gasteiger partial charge >= 0.3 is 0 Å². The summed E-state index contributed by atoms with van der Waals surface area (Å²) in [6, 6.07) is 74.3. The molecule has 0 aliphatic carbocycles. The third kappa shape index (κ3) is 6.33. The number of anilines is 3. The van der Waals surface area contributed by atoms with Crippen LogP contribution in [0.4, 0.5) is 17.1 Å². The van der Waals surface area contributed by atoms with E-state index in [2.05, 4.69) is 217 Å². The van der Waals surface area contributed by atoms with Gasteiger partial charge in [0.05, 0.1) is 0 Å². The number of rotatable bonds is 8. The van der Waals surface area contributed by atoms with Crippen molar-refractivity contribution in [1.82, 2.24) is 0 Å². The predicted molar refractivity (Wildman–Crippen MR) is 224 cm³/mol. The number of thiophene rings is 1. The molecule has 0 saturated carbocycles. The maximum atomic E-state index is 2.35. The molecule has 9 rings (SSSR count). The molecule has 0 spiro atoms. The second-order valence-electron chi connectivity index (χ2n) is 13.0. The molecular formula is C50H35NS. The van der Waals surface area contributed by atoms with Crippen LogP contribution in [0.3, 0.4) is 0 Å². The van der Waals surface area contributed by atoms with Crippen molar-refractivity contribution in [2.24, 2.45) is 0 Å². The molecule has 1 nitrogen and oxygen atoms in total. The van der Waals surface area contributed by atoms with Crippen LogP contribution < -0.4 is 4.90 Å². The van der Waals surface area contributed by atoms with Gasteiger partial charge in [0.25, 0.3) is 0 Å². The SMILES string of the molecule is c1ccc(-c2ccc(-c3ccc(N(c4ccc(-c5ccc(-c6ccccc6)cc5)cc4)c4ccc(-c5csc6ccccc56)cc4)cc3)cc2)cc1.